The number of β-amino-alcohol motifs (C(OH)–C–C–N with tert-alkyl or cyclic N) is 1. The van der Waals surface area contributed by atoms with E-state index >= 15 is 0 Å². The second kappa shape index (κ2) is 7.24. The summed E-state index contributed by atoms with van der Waals surface area (Å²) in [5.74, 6) is 0.962. The van der Waals surface area contributed by atoms with Crippen LogP contribution in [0.1, 0.15) is 17.2 Å². The fraction of sp³-hybridized carbons (Fsp3) is 0.400. The van der Waals surface area contributed by atoms with E-state index in [1.807, 2.05) is 30.3 Å². The quantitative estimate of drug-likeness (QED) is 0.911. The number of aliphatic hydroxyl groups excluding tert-OH is 1. The molecule has 0 amide bonds. The molecule has 0 radical (unpaired) electrons. The van der Waals surface area contributed by atoms with Crippen LogP contribution in [0.15, 0.2) is 42.5 Å². The predicted octanol–water partition coefficient (Wildman–Crippen LogP) is 3.13. The molecule has 1 unspecified atom stereocenters. The molecule has 0 aromatic heterocycles. The largest absolute Gasteiger partial charge is 0.493 e. The van der Waals surface area contributed by atoms with E-state index in [1.165, 1.54) is 5.56 Å². The van der Waals surface area contributed by atoms with E-state index in [4.69, 9.17) is 16.3 Å². The number of fused-ring (bicyclic) bond motifs is 1. The maximum absolute atomic E-state index is 10.6. The Morgan fingerprint density at radius 3 is 2.68 bits per heavy atom. The van der Waals surface area contributed by atoms with E-state index in [9.17, 15) is 5.11 Å². The Hall–Kier alpha value is -1.75. The first-order chi connectivity index (χ1) is 12.2. The summed E-state index contributed by atoms with van der Waals surface area (Å²) in [6, 6.07) is 14.0. The molecule has 4 nitrogen and oxygen atoms in total. The van der Waals surface area contributed by atoms with Crippen molar-refractivity contribution in [2.45, 2.75) is 12.5 Å². The van der Waals surface area contributed by atoms with Gasteiger partial charge in [0.05, 0.1) is 23.4 Å². The lowest BCUT2D eigenvalue weighted by atomic mass is 10.0. The third-order valence-electron chi connectivity index (χ3n) is 5.09. The van der Waals surface area contributed by atoms with Crippen molar-refractivity contribution in [2.75, 3.05) is 44.2 Å². The molecule has 2 aromatic carbocycles. The first-order valence-electron chi connectivity index (χ1n) is 8.86. The monoisotopic (exact) mass is 358 g/mol. The summed E-state index contributed by atoms with van der Waals surface area (Å²) in [6.45, 7) is 5.12. The summed E-state index contributed by atoms with van der Waals surface area (Å²) in [6.07, 6.45) is 0.477. The van der Waals surface area contributed by atoms with Crippen LogP contribution in [0.2, 0.25) is 5.02 Å². The zero-order valence-electron chi connectivity index (χ0n) is 14.2. The van der Waals surface area contributed by atoms with Gasteiger partial charge in [0.25, 0.3) is 0 Å². The second-order valence-corrected chi connectivity index (χ2v) is 7.13. The van der Waals surface area contributed by atoms with Gasteiger partial charge < -0.3 is 14.7 Å². The third-order valence-corrected chi connectivity index (χ3v) is 5.41. The standard InChI is InChI=1S/C20H23ClN2O2/c21-17-3-1-2-4-18(17)23-10-8-22(9-11-23)14-19(24)15-5-6-20-16(13-15)7-12-25-20/h1-6,13,19,24H,7-12,14H2. The minimum atomic E-state index is -0.460. The minimum Gasteiger partial charge on any atom is -0.493 e. The molecule has 0 bridgehead atoms. The van der Waals surface area contributed by atoms with E-state index in [2.05, 4.69) is 21.9 Å². The molecule has 0 saturated carbocycles. The van der Waals surface area contributed by atoms with Gasteiger partial charge in [-0.25, -0.2) is 0 Å². The van der Waals surface area contributed by atoms with Crippen molar-refractivity contribution in [1.82, 2.24) is 4.90 Å². The molecular weight excluding hydrogens is 336 g/mol. The Kier molecular flexibility index (Phi) is 4.84. The van der Waals surface area contributed by atoms with Gasteiger partial charge in [0.1, 0.15) is 5.75 Å². The number of benzene rings is 2. The van der Waals surface area contributed by atoms with Crippen molar-refractivity contribution < 1.29 is 9.84 Å². The Labute approximate surface area is 153 Å². The summed E-state index contributed by atoms with van der Waals surface area (Å²) in [5, 5.41) is 11.4. The molecule has 2 aliphatic heterocycles. The lowest BCUT2D eigenvalue weighted by molar-refractivity contribution is 0.109. The lowest BCUT2D eigenvalue weighted by Gasteiger charge is -2.37. The van der Waals surface area contributed by atoms with Gasteiger partial charge in [-0.3, -0.25) is 4.90 Å². The van der Waals surface area contributed by atoms with Gasteiger partial charge in [-0.05, 0) is 35.4 Å². The summed E-state index contributed by atoms with van der Waals surface area (Å²) >= 11 is 6.30. The van der Waals surface area contributed by atoms with Gasteiger partial charge in [0.15, 0.2) is 0 Å². The van der Waals surface area contributed by atoms with E-state index in [-0.39, 0.29) is 0 Å². The number of aliphatic hydroxyl groups is 1. The summed E-state index contributed by atoms with van der Waals surface area (Å²) in [7, 11) is 0. The number of rotatable bonds is 4. The highest BCUT2D eigenvalue weighted by Crippen LogP contribution is 2.29. The van der Waals surface area contributed by atoms with Gasteiger partial charge in [0, 0.05) is 39.1 Å². The number of anilines is 1. The highest BCUT2D eigenvalue weighted by Gasteiger charge is 2.22. The molecular formula is C20H23ClN2O2. The molecule has 1 atom stereocenters. The molecule has 132 valence electrons. The zero-order valence-corrected chi connectivity index (χ0v) is 15.0. The first-order valence-corrected chi connectivity index (χ1v) is 9.24. The van der Waals surface area contributed by atoms with E-state index in [0.29, 0.717) is 6.54 Å². The number of hydrogen-bond donors (Lipinski definition) is 1. The Morgan fingerprint density at radius 2 is 1.88 bits per heavy atom. The van der Waals surface area contributed by atoms with Crippen LogP contribution in [-0.2, 0) is 6.42 Å². The number of ether oxygens (including phenoxy) is 1. The van der Waals surface area contributed by atoms with Crippen molar-refractivity contribution in [2.24, 2.45) is 0 Å². The SMILES string of the molecule is OC(CN1CCN(c2ccccc2Cl)CC1)c1ccc2c(c1)CCO2. The summed E-state index contributed by atoms with van der Waals surface area (Å²) in [4.78, 5) is 4.64. The zero-order chi connectivity index (χ0) is 17.2. The smallest absolute Gasteiger partial charge is 0.122 e. The highest BCUT2D eigenvalue weighted by molar-refractivity contribution is 6.33. The van der Waals surface area contributed by atoms with Gasteiger partial charge in [0.2, 0.25) is 0 Å². The van der Waals surface area contributed by atoms with Crippen LogP contribution in [0.5, 0.6) is 5.75 Å². The summed E-state index contributed by atoms with van der Waals surface area (Å²) in [5.41, 5.74) is 3.29. The molecule has 2 aromatic rings. The van der Waals surface area contributed by atoms with E-state index < -0.39 is 6.10 Å². The molecule has 1 N–H and O–H groups in total. The number of piperazine rings is 1. The molecule has 1 fully saturated rings. The van der Waals surface area contributed by atoms with Gasteiger partial charge >= 0.3 is 0 Å². The fourth-order valence-electron chi connectivity index (χ4n) is 3.64. The van der Waals surface area contributed by atoms with Gasteiger partial charge in [-0.2, -0.15) is 0 Å². The molecule has 2 aliphatic rings. The molecule has 25 heavy (non-hydrogen) atoms. The number of halogens is 1. The first kappa shape index (κ1) is 16.7. The molecule has 2 heterocycles. The maximum atomic E-state index is 10.6. The van der Waals surface area contributed by atoms with Crippen LogP contribution < -0.4 is 9.64 Å². The van der Waals surface area contributed by atoms with Crippen molar-refractivity contribution in [3.8, 4) is 5.75 Å². The van der Waals surface area contributed by atoms with Crippen LogP contribution in [0, 0.1) is 0 Å². The molecule has 4 rings (SSSR count). The van der Waals surface area contributed by atoms with Crippen LogP contribution in [0.4, 0.5) is 5.69 Å². The van der Waals surface area contributed by atoms with E-state index in [1.54, 1.807) is 0 Å². The van der Waals surface area contributed by atoms with Crippen LogP contribution in [0.3, 0.4) is 0 Å². The second-order valence-electron chi connectivity index (χ2n) is 6.72. The van der Waals surface area contributed by atoms with E-state index in [0.717, 1.165) is 61.2 Å². The molecule has 5 heteroatoms. The van der Waals surface area contributed by atoms with Crippen molar-refractivity contribution in [1.29, 1.82) is 0 Å². The third kappa shape index (κ3) is 3.61. The summed E-state index contributed by atoms with van der Waals surface area (Å²) < 4.78 is 5.54. The Morgan fingerprint density at radius 1 is 1.08 bits per heavy atom. The minimum absolute atomic E-state index is 0.460. The Bertz CT molecular complexity index is 744. The topological polar surface area (TPSA) is 35.9 Å². The van der Waals surface area contributed by atoms with Crippen LogP contribution >= 0.6 is 11.6 Å². The van der Waals surface area contributed by atoms with Crippen LogP contribution in [-0.4, -0.2) is 49.3 Å². The average molecular weight is 359 g/mol. The number of para-hydroxylation sites is 1. The Balaban J connectivity index is 1.35. The average Bonchev–Trinajstić information content (AvgIpc) is 3.10. The number of hydrogen-bond acceptors (Lipinski definition) is 4. The van der Waals surface area contributed by atoms with Gasteiger partial charge in [-0.1, -0.05) is 29.8 Å². The number of nitrogens with zero attached hydrogens (tertiary/aromatic N) is 2. The molecule has 1 saturated heterocycles. The highest BCUT2D eigenvalue weighted by atomic mass is 35.5. The van der Waals surface area contributed by atoms with Crippen molar-refractivity contribution in [3.05, 3.63) is 58.6 Å². The fourth-order valence-corrected chi connectivity index (χ4v) is 3.90. The van der Waals surface area contributed by atoms with Crippen molar-refractivity contribution in [3.63, 3.8) is 0 Å². The van der Waals surface area contributed by atoms with Gasteiger partial charge in [-0.15, -0.1) is 0 Å². The van der Waals surface area contributed by atoms with Crippen molar-refractivity contribution >= 4 is 17.3 Å². The normalized spacial score (nSPS) is 18.7. The maximum Gasteiger partial charge on any atom is 0.122 e. The lowest BCUT2D eigenvalue weighted by Crippen LogP contribution is -2.47. The van der Waals surface area contributed by atoms with Crippen LogP contribution in [0.25, 0.3) is 0 Å². The molecule has 0 spiro atoms. The molecule has 0 aliphatic carbocycles. The predicted molar refractivity (Wildman–Crippen MR) is 101 cm³/mol.